The first-order valence-corrected chi connectivity index (χ1v) is 10.8. The zero-order chi connectivity index (χ0) is 24.0. The Kier molecular flexibility index (Phi) is 7.83. The van der Waals surface area contributed by atoms with Gasteiger partial charge in [-0.3, -0.25) is 24.7 Å². The lowest BCUT2D eigenvalue weighted by molar-refractivity contribution is -0.132. The highest BCUT2D eigenvalue weighted by atomic mass is 32.1. The van der Waals surface area contributed by atoms with E-state index in [1.807, 2.05) is 6.92 Å². The van der Waals surface area contributed by atoms with E-state index in [1.54, 1.807) is 55.6 Å². The lowest BCUT2D eigenvalue weighted by atomic mass is 10.1. The average Bonchev–Trinajstić information content (AvgIpc) is 2.99. The summed E-state index contributed by atoms with van der Waals surface area (Å²) in [4.78, 5) is 39.1. The number of hydrogen-bond acceptors (Lipinski definition) is 6. The van der Waals surface area contributed by atoms with E-state index in [1.165, 1.54) is 17.0 Å². The van der Waals surface area contributed by atoms with Crippen LogP contribution < -0.4 is 20.2 Å². The third kappa shape index (κ3) is 5.98. The van der Waals surface area contributed by atoms with Crippen molar-refractivity contribution in [1.82, 2.24) is 15.3 Å². The van der Waals surface area contributed by atoms with Crippen molar-refractivity contribution < 1.29 is 23.9 Å². The van der Waals surface area contributed by atoms with Gasteiger partial charge in [-0.2, -0.15) is 0 Å². The normalized spacial score (nSPS) is 15.4. The lowest BCUT2D eigenvalue weighted by Crippen LogP contribution is -2.50. The lowest BCUT2D eigenvalue weighted by Gasteiger charge is -2.24. The first kappa shape index (κ1) is 24.0. The second-order valence-corrected chi connectivity index (χ2v) is 7.70. The van der Waals surface area contributed by atoms with Crippen LogP contribution in [0, 0.1) is 0 Å². The zero-order valence-corrected chi connectivity index (χ0v) is 19.5. The number of carbonyl (C=O) groups excluding carboxylic acids is 3. The molecular weight excluding hydrogens is 444 g/mol. The summed E-state index contributed by atoms with van der Waals surface area (Å²) in [5, 5.41) is 4.16. The molecule has 0 aliphatic carbocycles. The molecule has 1 heterocycles. The first-order chi connectivity index (χ1) is 15.8. The molecule has 1 atom stereocenters. The molecule has 1 fully saturated rings. The van der Waals surface area contributed by atoms with Gasteiger partial charge in [0.2, 0.25) is 11.8 Å². The van der Waals surface area contributed by atoms with Crippen LogP contribution in [0.25, 0.3) is 0 Å². The van der Waals surface area contributed by atoms with E-state index in [0.717, 1.165) is 5.56 Å². The van der Waals surface area contributed by atoms with Crippen molar-refractivity contribution in [2.75, 3.05) is 26.1 Å². The van der Waals surface area contributed by atoms with Crippen LogP contribution in [0.4, 0.5) is 5.69 Å². The molecule has 0 spiro atoms. The smallest absolute Gasteiger partial charge is 0.253 e. The van der Waals surface area contributed by atoms with Gasteiger partial charge in [-0.1, -0.05) is 12.1 Å². The second kappa shape index (κ2) is 10.8. The molecule has 3 rings (SSSR count). The van der Waals surface area contributed by atoms with Gasteiger partial charge in [0.05, 0.1) is 26.6 Å². The Morgan fingerprint density at radius 3 is 2.27 bits per heavy atom. The van der Waals surface area contributed by atoms with Crippen molar-refractivity contribution in [3.63, 3.8) is 0 Å². The van der Waals surface area contributed by atoms with Gasteiger partial charge in [-0.25, -0.2) is 5.01 Å². The monoisotopic (exact) mass is 470 g/mol. The second-order valence-electron chi connectivity index (χ2n) is 7.34. The number of hydrazine groups is 1. The number of rotatable bonds is 9. The van der Waals surface area contributed by atoms with Gasteiger partial charge < -0.3 is 14.8 Å². The number of ether oxygens (including phenoxy) is 2. The van der Waals surface area contributed by atoms with Crippen LogP contribution in [0.5, 0.6) is 11.5 Å². The summed E-state index contributed by atoms with van der Waals surface area (Å²) in [7, 11) is 3.08. The number of benzene rings is 2. The predicted molar refractivity (Wildman–Crippen MR) is 127 cm³/mol. The molecule has 2 aromatic carbocycles. The highest BCUT2D eigenvalue weighted by molar-refractivity contribution is 7.80. The topological polar surface area (TPSA) is 100 Å². The summed E-state index contributed by atoms with van der Waals surface area (Å²) in [6, 6.07) is 13.0. The summed E-state index contributed by atoms with van der Waals surface area (Å²) in [6.07, 6.45) is -0.106. The van der Waals surface area contributed by atoms with Crippen LogP contribution in [-0.4, -0.2) is 59.5 Å². The van der Waals surface area contributed by atoms with E-state index < -0.39 is 6.04 Å². The molecule has 1 aliphatic heterocycles. The molecule has 2 aromatic rings. The quantitative estimate of drug-likeness (QED) is 0.542. The van der Waals surface area contributed by atoms with Gasteiger partial charge in [0.15, 0.2) is 5.11 Å². The van der Waals surface area contributed by atoms with Crippen molar-refractivity contribution in [2.24, 2.45) is 0 Å². The molecule has 0 radical (unpaired) electrons. The molecule has 2 N–H and O–H groups in total. The van der Waals surface area contributed by atoms with Crippen molar-refractivity contribution >= 4 is 40.7 Å². The van der Waals surface area contributed by atoms with Crippen LogP contribution in [0.3, 0.4) is 0 Å². The Bertz CT molecular complexity index is 1030. The summed E-state index contributed by atoms with van der Waals surface area (Å²) >= 11 is 5.31. The minimum atomic E-state index is -0.940. The number of hydrogen-bond donors (Lipinski definition) is 2. The van der Waals surface area contributed by atoms with E-state index in [0.29, 0.717) is 23.8 Å². The number of methoxy groups -OCH3 is 1. The highest BCUT2D eigenvalue weighted by Gasteiger charge is 2.42. The fraction of sp³-hybridized carbons (Fsp3) is 0.304. The molecule has 174 valence electrons. The maximum Gasteiger partial charge on any atom is 0.253 e. The number of amides is 3. The van der Waals surface area contributed by atoms with E-state index in [4.69, 9.17) is 21.7 Å². The third-order valence-corrected chi connectivity index (χ3v) is 5.49. The van der Waals surface area contributed by atoms with E-state index >= 15 is 0 Å². The average molecular weight is 471 g/mol. The van der Waals surface area contributed by atoms with Gasteiger partial charge in [0.25, 0.3) is 5.91 Å². The molecule has 3 amide bonds. The Hall–Kier alpha value is -3.66. The Morgan fingerprint density at radius 1 is 1.03 bits per heavy atom. The van der Waals surface area contributed by atoms with Gasteiger partial charge in [0.1, 0.15) is 17.5 Å². The minimum absolute atomic E-state index is 0.0755. The largest absolute Gasteiger partial charge is 0.497 e. The first-order valence-electron chi connectivity index (χ1n) is 10.4. The van der Waals surface area contributed by atoms with Gasteiger partial charge in [0, 0.05) is 12.7 Å². The number of carbonyl (C=O) groups is 3. The number of anilines is 1. The fourth-order valence-electron chi connectivity index (χ4n) is 3.32. The maximum absolute atomic E-state index is 12.7. The molecule has 9 nitrogen and oxygen atoms in total. The number of likely N-dealkylation sites (N-methyl/N-ethyl adjacent to an activating group) is 1. The summed E-state index contributed by atoms with van der Waals surface area (Å²) in [5.41, 5.74) is 4.01. The summed E-state index contributed by atoms with van der Waals surface area (Å²) < 4.78 is 10.5. The molecule has 10 heteroatoms. The number of nitrogens with zero attached hydrogens (tertiary/aromatic N) is 2. The van der Waals surface area contributed by atoms with Crippen LogP contribution in [0.2, 0.25) is 0 Å². The Morgan fingerprint density at radius 2 is 1.67 bits per heavy atom. The van der Waals surface area contributed by atoms with Gasteiger partial charge >= 0.3 is 0 Å². The van der Waals surface area contributed by atoms with Crippen molar-refractivity contribution in [2.45, 2.75) is 25.8 Å². The van der Waals surface area contributed by atoms with E-state index in [-0.39, 0.29) is 35.7 Å². The SMILES string of the molecule is CCOc1ccc(NC(=O)CC2C(=O)N(C)C(=S)N2NC(=O)Cc2ccc(OC)cc2)cc1. The molecule has 0 saturated carbocycles. The summed E-state index contributed by atoms with van der Waals surface area (Å²) in [6.45, 7) is 2.43. The molecule has 0 bridgehead atoms. The van der Waals surface area contributed by atoms with Gasteiger partial charge in [-0.15, -0.1) is 0 Å². The molecule has 1 unspecified atom stereocenters. The summed E-state index contributed by atoms with van der Waals surface area (Å²) in [5.74, 6) is 0.268. The molecule has 1 aliphatic rings. The number of nitrogens with one attached hydrogen (secondary N) is 2. The van der Waals surface area contributed by atoms with Gasteiger partial charge in [-0.05, 0) is 61.1 Å². The van der Waals surface area contributed by atoms with E-state index in [2.05, 4.69) is 10.7 Å². The fourth-order valence-corrected chi connectivity index (χ4v) is 3.58. The minimum Gasteiger partial charge on any atom is -0.497 e. The van der Waals surface area contributed by atoms with Crippen LogP contribution >= 0.6 is 12.2 Å². The van der Waals surface area contributed by atoms with Crippen molar-refractivity contribution in [3.8, 4) is 11.5 Å². The molecule has 0 aromatic heterocycles. The van der Waals surface area contributed by atoms with Crippen LogP contribution in [0.1, 0.15) is 18.9 Å². The van der Waals surface area contributed by atoms with Crippen molar-refractivity contribution in [1.29, 1.82) is 0 Å². The van der Waals surface area contributed by atoms with Crippen LogP contribution in [0.15, 0.2) is 48.5 Å². The van der Waals surface area contributed by atoms with Crippen LogP contribution in [-0.2, 0) is 20.8 Å². The Labute approximate surface area is 197 Å². The van der Waals surface area contributed by atoms with E-state index in [9.17, 15) is 14.4 Å². The standard InChI is InChI=1S/C23H26N4O5S/c1-4-32-18-11-7-16(8-12-18)24-20(28)14-19-22(30)26(2)23(33)27(19)25-21(29)13-15-5-9-17(31-3)10-6-15/h5-12,19H,4,13-14H2,1-3H3,(H,24,28)(H,25,29). The Balaban J connectivity index is 1.63. The molecule has 33 heavy (non-hydrogen) atoms. The predicted octanol–water partition coefficient (Wildman–Crippen LogP) is 2.12. The molecular formula is C23H26N4O5S. The van der Waals surface area contributed by atoms with Crippen molar-refractivity contribution in [3.05, 3.63) is 54.1 Å². The maximum atomic E-state index is 12.7. The zero-order valence-electron chi connectivity index (χ0n) is 18.7. The number of thiocarbonyl (C=S) groups is 1. The molecule has 1 saturated heterocycles. The highest BCUT2D eigenvalue weighted by Crippen LogP contribution is 2.20. The third-order valence-electron chi connectivity index (χ3n) is 5.02.